The molecule has 5 nitrogen and oxygen atoms in total. The monoisotopic (exact) mass is 402 g/mol. The zero-order chi connectivity index (χ0) is 19.9. The first-order valence-corrected chi connectivity index (χ1v) is 10.3. The number of nitrogens with zero attached hydrogens (tertiary/aromatic N) is 2. The molecule has 0 aliphatic carbocycles. The normalized spacial score (nSPS) is 12.2. The van der Waals surface area contributed by atoms with Gasteiger partial charge in [-0.25, -0.2) is 9.37 Å². The van der Waals surface area contributed by atoms with Crippen molar-refractivity contribution in [1.29, 1.82) is 0 Å². The summed E-state index contributed by atoms with van der Waals surface area (Å²) >= 11 is 1.30. The molecule has 7 heteroatoms. The summed E-state index contributed by atoms with van der Waals surface area (Å²) in [7, 11) is 0. The number of aliphatic hydroxyl groups is 1. The van der Waals surface area contributed by atoms with Gasteiger partial charge >= 0.3 is 0 Å². The van der Waals surface area contributed by atoms with E-state index in [1.165, 1.54) is 23.9 Å². The number of unbranched alkanes of at least 4 members (excludes halogenated alkanes) is 1. The van der Waals surface area contributed by atoms with Gasteiger partial charge in [-0.1, -0.05) is 49.4 Å². The average Bonchev–Trinajstić information content (AvgIpc) is 2.71. The van der Waals surface area contributed by atoms with E-state index in [4.69, 9.17) is 4.74 Å². The summed E-state index contributed by atoms with van der Waals surface area (Å²) in [6.07, 6.45) is 1.00. The number of halogens is 1. The molecule has 0 aliphatic heterocycles. The summed E-state index contributed by atoms with van der Waals surface area (Å²) in [5, 5.41) is 11.4. The summed E-state index contributed by atoms with van der Waals surface area (Å²) in [6, 6.07) is 13.3. The number of rotatable bonds is 9. The molecular formula is C21H23FN2O3S. The fourth-order valence-electron chi connectivity index (χ4n) is 2.74. The van der Waals surface area contributed by atoms with Crippen LogP contribution in [0.3, 0.4) is 0 Å². The Labute approximate surface area is 167 Å². The van der Waals surface area contributed by atoms with E-state index >= 15 is 0 Å². The number of fused-ring (bicyclic) bond motifs is 1. The molecule has 3 rings (SSSR count). The van der Waals surface area contributed by atoms with Crippen LogP contribution >= 0.6 is 11.8 Å². The quantitative estimate of drug-likeness (QED) is 0.435. The number of hydrogen-bond donors (Lipinski definition) is 1. The molecule has 0 spiro atoms. The first kappa shape index (κ1) is 20.4. The van der Waals surface area contributed by atoms with Gasteiger partial charge in [0.1, 0.15) is 6.61 Å². The summed E-state index contributed by atoms with van der Waals surface area (Å²) in [6.45, 7) is 2.61. The van der Waals surface area contributed by atoms with Gasteiger partial charge in [-0.2, -0.15) is 0 Å². The van der Waals surface area contributed by atoms with Gasteiger partial charge in [0.2, 0.25) is 0 Å². The Morgan fingerprint density at radius 3 is 2.75 bits per heavy atom. The molecule has 1 aromatic heterocycles. The van der Waals surface area contributed by atoms with Crippen LogP contribution in [0.1, 0.15) is 19.8 Å². The van der Waals surface area contributed by atoms with Gasteiger partial charge in [-0.15, -0.1) is 0 Å². The van der Waals surface area contributed by atoms with Gasteiger partial charge in [0, 0.05) is 12.3 Å². The Morgan fingerprint density at radius 1 is 1.21 bits per heavy atom. The minimum atomic E-state index is -0.826. The molecule has 0 amide bonds. The molecule has 0 unspecified atom stereocenters. The van der Waals surface area contributed by atoms with Gasteiger partial charge in [0.25, 0.3) is 5.56 Å². The summed E-state index contributed by atoms with van der Waals surface area (Å²) in [5.74, 6) is -0.0760. The molecule has 3 aromatic rings. The van der Waals surface area contributed by atoms with E-state index in [-0.39, 0.29) is 23.7 Å². The number of hydrogen-bond acceptors (Lipinski definition) is 5. The highest BCUT2D eigenvalue weighted by Crippen LogP contribution is 2.20. The molecule has 148 valence electrons. The van der Waals surface area contributed by atoms with Crippen molar-refractivity contribution in [2.75, 3.05) is 12.4 Å². The molecule has 0 bridgehead atoms. The lowest BCUT2D eigenvalue weighted by atomic mass is 10.2. The Kier molecular flexibility index (Phi) is 7.06. The van der Waals surface area contributed by atoms with Crippen molar-refractivity contribution in [3.05, 3.63) is 64.7 Å². The van der Waals surface area contributed by atoms with Crippen LogP contribution in [-0.4, -0.2) is 33.1 Å². The van der Waals surface area contributed by atoms with Gasteiger partial charge in [0.05, 0.1) is 17.0 Å². The first-order chi connectivity index (χ1) is 13.6. The number of benzene rings is 2. The maximum Gasteiger partial charge on any atom is 0.262 e. The minimum absolute atomic E-state index is 0.0410. The Hall–Kier alpha value is -2.38. The maximum atomic E-state index is 13.6. The summed E-state index contributed by atoms with van der Waals surface area (Å²) < 4.78 is 20.6. The van der Waals surface area contributed by atoms with Crippen LogP contribution in [0.15, 0.2) is 58.5 Å². The van der Waals surface area contributed by atoms with E-state index in [0.29, 0.717) is 22.6 Å². The van der Waals surface area contributed by atoms with Crippen LogP contribution < -0.4 is 10.3 Å². The van der Waals surface area contributed by atoms with Gasteiger partial charge in [0.15, 0.2) is 16.7 Å². The van der Waals surface area contributed by atoms with Crippen molar-refractivity contribution < 1.29 is 14.2 Å². The highest BCUT2D eigenvalue weighted by atomic mass is 32.2. The molecule has 1 heterocycles. The lowest BCUT2D eigenvalue weighted by Crippen LogP contribution is -2.25. The van der Waals surface area contributed by atoms with E-state index in [1.807, 2.05) is 18.2 Å². The molecule has 1 N–H and O–H groups in total. The largest absolute Gasteiger partial charge is 0.488 e. The molecule has 0 radical (unpaired) electrons. The number of thioether (sulfide) groups is 1. The van der Waals surface area contributed by atoms with Crippen molar-refractivity contribution in [2.45, 2.75) is 37.6 Å². The third-order valence-electron chi connectivity index (χ3n) is 4.23. The van der Waals surface area contributed by atoms with Crippen LogP contribution in [0.2, 0.25) is 0 Å². The zero-order valence-electron chi connectivity index (χ0n) is 15.7. The second-order valence-corrected chi connectivity index (χ2v) is 7.42. The van der Waals surface area contributed by atoms with E-state index in [1.54, 1.807) is 22.8 Å². The molecule has 0 fully saturated rings. The van der Waals surface area contributed by atoms with E-state index < -0.39 is 11.9 Å². The predicted molar refractivity (Wildman–Crippen MR) is 110 cm³/mol. The van der Waals surface area contributed by atoms with Crippen LogP contribution in [0, 0.1) is 5.82 Å². The van der Waals surface area contributed by atoms with Crippen LogP contribution in [-0.2, 0) is 6.54 Å². The zero-order valence-corrected chi connectivity index (χ0v) is 16.5. The maximum absolute atomic E-state index is 13.6. The standard InChI is InChI=1S/C21H23FN2O3S/c1-2-3-12-24-20(26)16-8-4-6-10-18(16)23-21(24)28-14-15(25)13-27-19-11-7-5-9-17(19)22/h4-11,15,25H,2-3,12-14H2,1H3/t15-/m1/s1. The van der Waals surface area contributed by atoms with Gasteiger partial charge < -0.3 is 9.84 Å². The highest BCUT2D eigenvalue weighted by Gasteiger charge is 2.14. The molecule has 2 aromatic carbocycles. The molecule has 1 atom stereocenters. The molecule has 28 heavy (non-hydrogen) atoms. The third kappa shape index (κ3) is 4.91. The van der Waals surface area contributed by atoms with Gasteiger partial charge in [-0.3, -0.25) is 9.36 Å². The van der Waals surface area contributed by atoms with Crippen LogP contribution in [0.5, 0.6) is 5.75 Å². The van der Waals surface area contributed by atoms with Crippen LogP contribution in [0.4, 0.5) is 4.39 Å². The Bertz CT molecular complexity index is 993. The predicted octanol–water partition coefficient (Wildman–Crippen LogP) is 3.87. The summed E-state index contributed by atoms with van der Waals surface area (Å²) in [5.41, 5.74) is 0.568. The first-order valence-electron chi connectivity index (χ1n) is 9.28. The lowest BCUT2D eigenvalue weighted by Gasteiger charge is -2.15. The number of aromatic nitrogens is 2. The number of ether oxygens (including phenoxy) is 1. The Morgan fingerprint density at radius 2 is 1.96 bits per heavy atom. The van der Waals surface area contributed by atoms with Crippen molar-refractivity contribution in [1.82, 2.24) is 9.55 Å². The number of aliphatic hydroxyl groups excluding tert-OH is 1. The molecular weight excluding hydrogens is 379 g/mol. The van der Waals surface area contributed by atoms with Crippen molar-refractivity contribution in [2.24, 2.45) is 0 Å². The van der Waals surface area contributed by atoms with Gasteiger partial charge in [-0.05, 0) is 30.7 Å². The number of para-hydroxylation sites is 2. The summed E-state index contributed by atoms with van der Waals surface area (Å²) in [4.78, 5) is 17.4. The lowest BCUT2D eigenvalue weighted by molar-refractivity contribution is 0.123. The van der Waals surface area contributed by atoms with E-state index in [0.717, 1.165) is 12.8 Å². The molecule has 0 saturated carbocycles. The fraction of sp³-hybridized carbons (Fsp3) is 0.333. The topological polar surface area (TPSA) is 64.3 Å². The fourth-order valence-corrected chi connectivity index (χ4v) is 3.67. The highest BCUT2D eigenvalue weighted by molar-refractivity contribution is 7.99. The minimum Gasteiger partial charge on any atom is -0.488 e. The third-order valence-corrected chi connectivity index (χ3v) is 5.36. The second-order valence-electron chi connectivity index (χ2n) is 6.43. The second kappa shape index (κ2) is 9.71. The average molecular weight is 402 g/mol. The molecule has 0 saturated heterocycles. The van der Waals surface area contributed by atoms with E-state index in [2.05, 4.69) is 11.9 Å². The Balaban J connectivity index is 1.72. The van der Waals surface area contributed by atoms with Crippen molar-refractivity contribution >= 4 is 22.7 Å². The SMILES string of the molecule is CCCCn1c(SC[C@H](O)COc2ccccc2F)nc2ccccc2c1=O. The smallest absolute Gasteiger partial charge is 0.262 e. The van der Waals surface area contributed by atoms with E-state index in [9.17, 15) is 14.3 Å². The van der Waals surface area contributed by atoms with Crippen LogP contribution in [0.25, 0.3) is 10.9 Å². The van der Waals surface area contributed by atoms with Crippen molar-refractivity contribution in [3.8, 4) is 5.75 Å². The van der Waals surface area contributed by atoms with Crippen molar-refractivity contribution in [3.63, 3.8) is 0 Å². The molecule has 0 aliphatic rings.